The van der Waals surface area contributed by atoms with E-state index in [2.05, 4.69) is 9.71 Å². The lowest BCUT2D eigenvalue weighted by atomic mass is 10.1. The van der Waals surface area contributed by atoms with E-state index in [9.17, 15) is 8.42 Å². The number of aryl methyl sites for hydroxylation is 3. The molecule has 1 N–H and O–H groups in total. The van der Waals surface area contributed by atoms with E-state index >= 15 is 0 Å². The van der Waals surface area contributed by atoms with Gasteiger partial charge in [0.15, 0.2) is 0 Å². The van der Waals surface area contributed by atoms with E-state index in [1.54, 1.807) is 30.5 Å². The van der Waals surface area contributed by atoms with Gasteiger partial charge in [0.25, 0.3) is 10.0 Å². The van der Waals surface area contributed by atoms with E-state index in [0.717, 1.165) is 22.3 Å². The van der Waals surface area contributed by atoms with Crippen molar-refractivity contribution < 1.29 is 8.42 Å². The molecule has 0 atom stereocenters. The maximum atomic E-state index is 12.7. The largest absolute Gasteiger partial charge is 0.279 e. The lowest BCUT2D eigenvalue weighted by molar-refractivity contribution is 0.601. The molecule has 27 heavy (non-hydrogen) atoms. The highest BCUT2D eigenvalue weighted by molar-refractivity contribution is 7.92. The SMILES string of the molecule is Cc1cc(C)c(NS(=O)(=O)c2ccc(N=Cc3ccccc3)cc2)c(C)c1. The molecule has 0 spiro atoms. The summed E-state index contributed by atoms with van der Waals surface area (Å²) < 4.78 is 28.2. The lowest BCUT2D eigenvalue weighted by Crippen LogP contribution is -2.14. The minimum absolute atomic E-state index is 0.209. The van der Waals surface area contributed by atoms with Crippen LogP contribution in [-0.4, -0.2) is 14.6 Å². The molecule has 3 aromatic rings. The monoisotopic (exact) mass is 378 g/mol. The Morgan fingerprint density at radius 2 is 1.44 bits per heavy atom. The van der Waals surface area contributed by atoms with Crippen molar-refractivity contribution in [3.8, 4) is 0 Å². The first-order valence-corrected chi connectivity index (χ1v) is 10.1. The van der Waals surface area contributed by atoms with Gasteiger partial charge in [0, 0.05) is 6.21 Å². The van der Waals surface area contributed by atoms with Crippen LogP contribution in [-0.2, 0) is 10.0 Å². The summed E-state index contributed by atoms with van der Waals surface area (Å²) in [4.78, 5) is 4.59. The normalized spacial score (nSPS) is 11.7. The van der Waals surface area contributed by atoms with Crippen LogP contribution < -0.4 is 4.72 Å². The average molecular weight is 378 g/mol. The van der Waals surface area contributed by atoms with Crippen LogP contribution in [0.15, 0.2) is 76.6 Å². The van der Waals surface area contributed by atoms with Crippen molar-refractivity contribution in [2.75, 3.05) is 4.72 Å². The van der Waals surface area contributed by atoms with Crippen molar-refractivity contribution in [2.24, 2.45) is 4.99 Å². The lowest BCUT2D eigenvalue weighted by Gasteiger charge is -2.14. The Morgan fingerprint density at radius 3 is 2.04 bits per heavy atom. The number of benzene rings is 3. The first-order valence-electron chi connectivity index (χ1n) is 8.65. The van der Waals surface area contributed by atoms with Crippen LogP contribution in [0.2, 0.25) is 0 Å². The summed E-state index contributed by atoms with van der Waals surface area (Å²) >= 11 is 0. The zero-order valence-corrected chi connectivity index (χ0v) is 16.4. The van der Waals surface area contributed by atoms with E-state index in [0.29, 0.717) is 11.4 Å². The highest BCUT2D eigenvalue weighted by Gasteiger charge is 2.16. The van der Waals surface area contributed by atoms with E-state index in [1.165, 1.54) is 0 Å². The molecule has 0 amide bonds. The molecule has 5 heteroatoms. The number of sulfonamides is 1. The Kier molecular flexibility index (Phi) is 5.42. The molecule has 0 aromatic heterocycles. The summed E-state index contributed by atoms with van der Waals surface area (Å²) in [6, 6.07) is 20.2. The number of hydrogen-bond donors (Lipinski definition) is 1. The first-order chi connectivity index (χ1) is 12.8. The zero-order valence-electron chi connectivity index (χ0n) is 15.6. The fourth-order valence-electron chi connectivity index (χ4n) is 2.93. The summed E-state index contributed by atoms with van der Waals surface area (Å²) in [7, 11) is -3.66. The van der Waals surface area contributed by atoms with Crippen LogP contribution in [0.25, 0.3) is 0 Å². The second-order valence-corrected chi connectivity index (χ2v) is 8.22. The molecule has 0 aliphatic heterocycles. The van der Waals surface area contributed by atoms with E-state index in [1.807, 2.05) is 63.2 Å². The fraction of sp³-hybridized carbons (Fsp3) is 0.136. The van der Waals surface area contributed by atoms with Gasteiger partial charge in [0.2, 0.25) is 0 Å². The van der Waals surface area contributed by atoms with Crippen LogP contribution in [0.1, 0.15) is 22.3 Å². The van der Waals surface area contributed by atoms with Crippen molar-refractivity contribution >= 4 is 27.6 Å². The maximum absolute atomic E-state index is 12.7. The Hall–Kier alpha value is -2.92. The Balaban J connectivity index is 1.81. The van der Waals surface area contributed by atoms with Crippen molar-refractivity contribution in [2.45, 2.75) is 25.7 Å². The van der Waals surface area contributed by atoms with Gasteiger partial charge in [-0.15, -0.1) is 0 Å². The second-order valence-electron chi connectivity index (χ2n) is 6.54. The van der Waals surface area contributed by atoms with Crippen LogP contribution >= 0.6 is 0 Å². The molecule has 0 fully saturated rings. The third kappa shape index (κ3) is 4.63. The van der Waals surface area contributed by atoms with Gasteiger partial charge >= 0.3 is 0 Å². The Morgan fingerprint density at radius 1 is 0.852 bits per heavy atom. The van der Waals surface area contributed by atoms with Crippen LogP contribution in [0.3, 0.4) is 0 Å². The van der Waals surface area contributed by atoms with Crippen LogP contribution in [0.4, 0.5) is 11.4 Å². The van der Waals surface area contributed by atoms with Gasteiger partial charge in [0.1, 0.15) is 0 Å². The van der Waals surface area contributed by atoms with E-state index in [-0.39, 0.29) is 4.90 Å². The summed E-state index contributed by atoms with van der Waals surface area (Å²) in [6.45, 7) is 5.80. The third-order valence-electron chi connectivity index (χ3n) is 4.22. The molecule has 3 aromatic carbocycles. The van der Waals surface area contributed by atoms with E-state index in [4.69, 9.17) is 0 Å². The number of nitrogens with zero attached hydrogens (tertiary/aromatic N) is 1. The molecule has 0 saturated heterocycles. The van der Waals surface area contributed by atoms with Crippen molar-refractivity contribution in [1.82, 2.24) is 0 Å². The molecule has 138 valence electrons. The number of anilines is 1. The summed E-state index contributed by atoms with van der Waals surface area (Å²) in [5, 5.41) is 0. The number of rotatable bonds is 5. The number of nitrogens with one attached hydrogen (secondary N) is 1. The Bertz CT molecular complexity index is 1050. The van der Waals surface area contributed by atoms with Crippen molar-refractivity contribution in [3.05, 3.63) is 89.0 Å². The summed E-state index contributed by atoms with van der Waals surface area (Å²) in [6.07, 6.45) is 1.75. The molecular weight excluding hydrogens is 356 g/mol. The average Bonchev–Trinajstić information content (AvgIpc) is 2.64. The molecule has 0 radical (unpaired) electrons. The minimum Gasteiger partial charge on any atom is -0.279 e. The fourth-order valence-corrected chi connectivity index (χ4v) is 4.14. The molecule has 0 aliphatic rings. The summed E-state index contributed by atoms with van der Waals surface area (Å²) in [5.74, 6) is 0. The van der Waals surface area contributed by atoms with Gasteiger partial charge in [-0.3, -0.25) is 9.71 Å². The Labute approximate surface area is 160 Å². The van der Waals surface area contributed by atoms with Crippen LogP contribution in [0.5, 0.6) is 0 Å². The predicted molar refractivity (Wildman–Crippen MR) is 112 cm³/mol. The number of aliphatic imine (C=N–C) groups is 1. The quantitative estimate of drug-likeness (QED) is 0.623. The topological polar surface area (TPSA) is 58.5 Å². The molecule has 0 saturated carbocycles. The van der Waals surface area contributed by atoms with Crippen molar-refractivity contribution in [3.63, 3.8) is 0 Å². The van der Waals surface area contributed by atoms with Crippen LogP contribution in [0, 0.1) is 20.8 Å². The molecule has 0 unspecified atom stereocenters. The smallest absolute Gasteiger partial charge is 0.261 e. The number of hydrogen-bond acceptors (Lipinski definition) is 3. The molecule has 3 rings (SSSR count). The minimum atomic E-state index is -3.66. The molecule has 0 bridgehead atoms. The summed E-state index contributed by atoms with van der Waals surface area (Å²) in [5.41, 5.74) is 5.22. The molecular formula is C22H22N2O2S. The van der Waals surface area contributed by atoms with Gasteiger partial charge < -0.3 is 0 Å². The highest BCUT2D eigenvalue weighted by atomic mass is 32.2. The first kappa shape index (κ1) is 18.9. The van der Waals surface area contributed by atoms with E-state index < -0.39 is 10.0 Å². The maximum Gasteiger partial charge on any atom is 0.261 e. The van der Waals surface area contributed by atoms with Crippen molar-refractivity contribution in [1.29, 1.82) is 0 Å². The third-order valence-corrected chi connectivity index (χ3v) is 5.59. The van der Waals surface area contributed by atoms with Gasteiger partial charge in [-0.1, -0.05) is 48.0 Å². The molecule has 0 heterocycles. The highest BCUT2D eigenvalue weighted by Crippen LogP contribution is 2.26. The second kappa shape index (κ2) is 7.76. The van der Waals surface area contributed by atoms with Gasteiger partial charge in [-0.25, -0.2) is 8.42 Å². The molecule has 4 nitrogen and oxygen atoms in total. The predicted octanol–water partition coefficient (Wildman–Crippen LogP) is 5.16. The van der Waals surface area contributed by atoms with Gasteiger partial charge in [-0.2, -0.15) is 0 Å². The molecule has 0 aliphatic carbocycles. The van der Waals surface area contributed by atoms with Gasteiger partial charge in [-0.05, 0) is 61.7 Å². The van der Waals surface area contributed by atoms with Gasteiger partial charge in [0.05, 0.1) is 16.3 Å². The zero-order chi connectivity index (χ0) is 19.4. The standard InChI is InChI=1S/C22H22N2O2S/c1-16-13-17(2)22(18(3)14-16)24-27(25,26)21-11-9-20(10-12-21)23-15-19-7-5-4-6-8-19/h4-15,24H,1-3H3.